The SMILES string of the molecule is CCOc1ccc(S(=O)(=O)N(CC)CC(=O)Nc2cccc(C(F)(F)F)c2)cc1C. The van der Waals surface area contributed by atoms with Gasteiger partial charge in [0.25, 0.3) is 0 Å². The molecule has 0 saturated carbocycles. The number of sulfonamides is 1. The van der Waals surface area contributed by atoms with Crippen LogP contribution in [0.15, 0.2) is 47.4 Å². The summed E-state index contributed by atoms with van der Waals surface area (Å²) in [6, 6.07) is 8.52. The third-order valence-electron chi connectivity index (χ3n) is 4.23. The zero-order valence-corrected chi connectivity index (χ0v) is 17.6. The van der Waals surface area contributed by atoms with Gasteiger partial charge >= 0.3 is 6.18 Å². The zero-order chi connectivity index (χ0) is 22.5. The van der Waals surface area contributed by atoms with Crippen LogP contribution in [0.1, 0.15) is 25.0 Å². The summed E-state index contributed by atoms with van der Waals surface area (Å²) >= 11 is 0. The van der Waals surface area contributed by atoms with Crippen molar-refractivity contribution in [2.24, 2.45) is 0 Å². The van der Waals surface area contributed by atoms with Crippen molar-refractivity contribution in [2.75, 3.05) is 25.0 Å². The maximum atomic E-state index is 12.9. The van der Waals surface area contributed by atoms with Gasteiger partial charge in [-0.2, -0.15) is 17.5 Å². The van der Waals surface area contributed by atoms with Crippen LogP contribution in [0.25, 0.3) is 0 Å². The van der Waals surface area contributed by atoms with Crippen LogP contribution in [0.4, 0.5) is 18.9 Å². The van der Waals surface area contributed by atoms with E-state index in [-0.39, 0.29) is 17.1 Å². The molecule has 6 nitrogen and oxygen atoms in total. The summed E-state index contributed by atoms with van der Waals surface area (Å²) in [5.41, 5.74) is -0.354. The van der Waals surface area contributed by atoms with Crippen LogP contribution >= 0.6 is 0 Å². The number of amides is 1. The summed E-state index contributed by atoms with van der Waals surface area (Å²) in [6.07, 6.45) is -4.55. The van der Waals surface area contributed by atoms with E-state index in [1.807, 2.05) is 6.92 Å². The van der Waals surface area contributed by atoms with Crippen molar-refractivity contribution in [3.8, 4) is 5.75 Å². The molecule has 0 fully saturated rings. The number of likely N-dealkylation sites (N-methyl/N-ethyl adjacent to an activating group) is 1. The van der Waals surface area contributed by atoms with Crippen LogP contribution in [0, 0.1) is 6.92 Å². The second-order valence-corrected chi connectivity index (χ2v) is 8.36. The number of hydrogen-bond acceptors (Lipinski definition) is 4. The standard InChI is InChI=1S/C20H23F3N2O4S/c1-4-25(30(27,28)17-9-10-18(29-5-2)14(3)11-17)13-19(26)24-16-8-6-7-15(12-16)20(21,22)23/h6-12H,4-5,13H2,1-3H3,(H,24,26). The normalized spacial score (nSPS) is 12.1. The van der Waals surface area contributed by atoms with Gasteiger partial charge in [0.1, 0.15) is 5.75 Å². The average Bonchev–Trinajstić information content (AvgIpc) is 2.67. The summed E-state index contributed by atoms with van der Waals surface area (Å²) in [5, 5.41) is 2.31. The van der Waals surface area contributed by atoms with Gasteiger partial charge in [0.05, 0.1) is 23.6 Å². The summed E-state index contributed by atoms with van der Waals surface area (Å²) in [5.74, 6) is -0.191. The molecule has 0 heterocycles. The number of carbonyl (C=O) groups is 1. The third-order valence-corrected chi connectivity index (χ3v) is 6.15. The van der Waals surface area contributed by atoms with Gasteiger partial charge in [-0.05, 0) is 55.8 Å². The number of nitrogens with one attached hydrogen (secondary N) is 1. The van der Waals surface area contributed by atoms with Gasteiger partial charge in [0, 0.05) is 12.2 Å². The molecule has 0 spiro atoms. The highest BCUT2D eigenvalue weighted by Gasteiger charge is 2.31. The van der Waals surface area contributed by atoms with E-state index in [0.29, 0.717) is 17.9 Å². The Hall–Kier alpha value is -2.59. The second kappa shape index (κ2) is 9.48. The molecule has 0 atom stereocenters. The topological polar surface area (TPSA) is 75.7 Å². The van der Waals surface area contributed by atoms with E-state index in [0.717, 1.165) is 22.5 Å². The van der Waals surface area contributed by atoms with Crippen LogP contribution < -0.4 is 10.1 Å². The average molecular weight is 444 g/mol. The van der Waals surface area contributed by atoms with E-state index in [4.69, 9.17) is 4.74 Å². The number of halogens is 3. The van der Waals surface area contributed by atoms with Gasteiger partial charge in [-0.1, -0.05) is 13.0 Å². The minimum Gasteiger partial charge on any atom is -0.494 e. The van der Waals surface area contributed by atoms with E-state index in [1.165, 1.54) is 18.2 Å². The van der Waals surface area contributed by atoms with E-state index in [1.54, 1.807) is 19.9 Å². The Balaban J connectivity index is 2.18. The first kappa shape index (κ1) is 23.7. The smallest absolute Gasteiger partial charge is 0.416 e. The van der Waals surface area contributed by atoms with Gasteiger partial charge in [0.2, 0.25) is 15.9 Å². The highest BCUT2D eigenvalue weighted by Crippen LogP contribution is 2.30. The van der Waals surface area contributed by atoms with Gasteiger partial charge in [0.15, 0.2) is 0 Å². The number of nitrogens with zero attached hydrogens (tertiary/aromatic N) is 1. The van der Waals surface area contributed by atoms with Crippen molar-refractivity contribution in [2.45, 2.75) is 31.8 Å². The number of anilines is 1. The Bertz CT molecular complexity index is 1010. The van der Waals surface area contributed by atoms with Crippen molar-refractivity contribution in [1.82, 2.24) is 4.31 Å². The molecule has 0 aliphatic heterocycles. The summed E-state index contributed by atoms with van der Waals surface area (Å²) < 4.78 is 70.6. The van der Waals surface area contributed by atoms with Crippen molar-refractivity contribution < 1.29 is 31.1 Å². The minimum atomic E-state index is -4.55. The largest absolute Gasteiger partial charge is 0.494 e. The van der Waals surface area contributed by atoms with Crippen LogP contribution in [0.2, 0.25) is 0 Å². The van der Waals surface area contributed by atoms with Crippen molar-refractivity contribution in [3.05, 3.63) is 53.6 Å². The predicted octanol–water partition coefficient (Wildman–Crippen LogP) is 4.06. The molecule has 164 valence electrons. The maximum absolute atomic E-state index is 12.9. The quantitative estimate of drug-likeness (QED) is 0.666. The molecule has 2 rings (SSSR count). The molecule has 0 aromatic heterocycles. The van der Waals surface area contributed by atoms with Gasteiger partial charge in [-0.25, -0.2) is 8.42 Å². The van der Waals surface area contributed by atoms with E-state index in [2.05, 4.69) is 5.32 Å². The molecule has 2 aromatic rings. The Morgan fingerprint density at radius 3 is 2.40 bits per heavy atom. The molecule has 0 unspecified atom stereocenters. The van der Waals surface area contributed by atoms with E-state index in [9.17, 15) is 26.4 Å². The van der Waals surface area contributed by atoms with Gasteiger partial charge in [-0.15, -0.1) is 0 Å². The second-order valence-electron chi connectivity index (χ2n) is 6.42. The molecule has 1 amide bonds. The first-order valence-corrected chi connectivity index (χ1v) is 10.6. The molecule has 10 heteroatoms. The Kier molecular flexibility index (Phi) is 7.49. The Morgan fingerprint density at radius 1 is 1.13 bits per heavy atom. The fourth-order valence-corrected chi connectivity index (χ4v) is 4.24. The Morgan fingerprint density at radius 2 is 1.83 bits per heavy atom. The van der Waals surface area contributed by atoms with E-state index < -0.39 is 34.2 Å². The molecule has 0 radical (unpaired) electrons. The lowest BCUT2D eigenvalue weighted by atomic mass is 10.2. The fourth-order valence-electron chi connectivity index (χ4n) is 2.75. The third kappa shape index (κ3) is 5.73. The van der Waals surface area contributed by atoms with Crippen LogP contribution in [0.5, 0.6) is 5.75 Å². The van der Waals surface area contributed by atoms with Crippen LogP contribution in [-0.4, -0.2) is 38.3 Å². The molecule has 0 aliphatic rings. The number of ether oxygens (including phenoxy) is 1. The number of benzene rings is 2. The molecule has 1 N–H and O–H groups in total. The number of hydrogen-bond donors (Lipinski definition) is 1. The number of rotatable bonds is 8. The lowest BCUT2D eigenvalue weighted by molar-refractivity contribution is -0.137. The molecule has 0 aliphatic carbocycles. The van der Waals surface area contributed by atoms with Crippen molar-refractivity contribution >= 4 is 21.6 Å². The minimum absolute atomic E-state index is 0.00262. The molecule has 2 aromatic carbocycles. The summed E-state index contributed by atoms with van der Waals surface area (Å²) in [6.45, 7) is 4.98. The number of carbonyl (C=O) groups excluding carboxylic acids is 1. The molecule has 0 saturated heterocycles. The monoisotopic (exact) mass is 444 g/mol. The Labute approximate surface area is 173 Å². The molecule has 0 bridgehead atoms. The molecular formula is C20H23F3N2O4S. The van der Waals surface area contributed by atoms with E-state index >= 15 is 0 Å². The van der Waals surface area contributed by atoms with Crippen molar-refractivity contribution in [3.63, 3.8) is 0 Å². The first-order valence-electron chi connectivity index (χ1n) is 9.19. The fraction of sp³-hybridized carbons (Fsp3) is 0.350. The molecule has 30 heavy (non-hydrogen) atoms. The first-order chi connectivity index (χ1) is 14.0. The zero-order valence-electron chi connectivity index (χ0n) is 16.8. The number of aryl methyl sites for hydroxylation is 1. The summed E-state index contributed by atoms with van der Waals surface area (Å²) in [7, 11) is -3.99. The number of alkyl halides is 3. The van der Waals surface area contributed by atoms with Gasteiger partial charge < -0.3 is 10.1 Å². The lowest BCUT2D eigenvalue weighted by Crippen LogP contribution is -2.37. The van der Waals surface area contributed by atoms with Crippen LogP contribution in [0.3, 0.4) is 0 Å². The molecular weight excluding hydrogens is 421 g/mol. The van der Waals surface area contributed by atoms with Crippen molar-refractivity contribution in [1.29, 1.82) is 0 Å². The predicted molar refractivity (Wildman–Crippen MR) is 107 cm³/mol. The summed E-state index contributed by atoms with van der Waals surface area (Å²) in [4.78, 5) is 12.3. The van der Waals surface area contributed by atoms with Gasteiger partial charge in [-0.3, -0.25) is 4.79 Å². The van der Waals surface area contributed by atoms with Crippen LogP contribution in [-0.2, 0) is 21.0 Å². The highest BCUT2D eigenvalue weighted by molar-refractivity contribution is 7.89. The lowest BCUT2D eigenvalue weighted by Gasteiger charge is -2.21. The maximum Gasteiger partial charge on any atom is 0.416 e. The highest BCUT2D eigenvalue weighted by atomic mass is 32.2.